The molecule has 22 heavy (non-hydrogen) atoms. The van der Waals surface area contributed by atoms with Crippen LogP contribution in [0.25, 0.3) is 0 Å². The maximum atomic E-state index is 11.9. The van der Waals surface area contributed by atoms with Crippen LogP contribution >= 0.6 is 47.8 Å². The number of nitrogens with zero attached hydrogens (tertiary/aromatic N) is 1. The third kappa shape index (κ3) is 2.46. The highest BCUT2D eigenvalue weighted by atomic mass is 79.9. The minimum atomic E-state index is -0.783. The summed E-state index contributed by atoms with van der Waals surface area (Å²) in [5.74, 6) is 0.303. The molecule has 1 unspecified atom stereocenters. The van der Waals surface area contributed by atoms with E-state index in [1.54, 1.807) is 0 Å². The molecule has 5 heteroatoms. The Bertz CT molecular complexity index is 608. The Balaban J connectivity index is 2.16. The van der Waals surface area contributed by atoms with Crippen molar-refractivity contribution in [3.05, 3.63) is 30.6 Å². The molecule has 1 aliphatic heterocycles. The third-order valence-corrected chi connectivity index (χ3v) is 8.30. The van der Waals surface area contributed by atoms with Gasteiger partial charge in [-0.15, -0.1) is 0 Å². The summed E-state index contributed by atoms with van der Waals surface area (Å²) in [4.78, 5) is 2.36. The Morgan fingerprint density at radius 2 is 1.73 bits per heavy atom. The van der Waals surface area contributed by atoms with Gasteiger partial charge in [-0.25, -0.2) is 0 Å². The molecule has 1 saturated heterocycles. The molecule has 0 bridgehead atoms. The van der Waals surface area contributed by atoms with Crippen LogP contribution < -0.4 is 0 Å². The zero-order valence-electron chi connectivity index (χ0n) is 13.2. The number of aliphatic hydroxyl groups is 1. The van der Waals surface area contributed by atoms with Gasteiger partial charge in [-0.2, -0.15) is 0 Å². The topological polar surface area (TPSA) is 23.5 Å². The van der Waals surface area contributed by atoms with Crippen molar-refractivity contribution in [3.8, 4) is 0 Å². The Labute approximate surface area is 158 Å². The minimum Gasteiger partial charge on any atom is -0.384 e. The van der Waals surface area contributed by atoms with Crippen LogP contribution in [0.5, 0.6) is 0 Å². The van der Waals surface area contributed by atoms with Crippen LogP contribution in [0.1, 0.15) is 37.8 Å². The molecule has 1 N–H and O–H groups in total. The Hall–Kier alpha value is 0.580. The molecule has 1 fully saturated rings. The number of rotatable bonds is 1. The van der Waals surface area contributed by atoms with E-state index >= 15 is 0 Å². The van der Waals surface area contributed by atoms with Crippen LogP contribution in [-0.2, 0) is 12.0 Å². The van der Waals surface area contributed by atoms with Crippen molar-refractivity contribution in [1.29, 1.82) is 0 Å². The number of hydrogen-bond donors (Lipinski definition) is 1. The SMILES string of the molecule is CN1CCC(C2(O)c3c(Br)c(Br)cc(Br)c3CC2(C)C)CC1. The number of likely N-dealkylation sites (tertiary alicyclic amines) is 1. The van der Waals surface area contributed by atoms with E-state index in [0.29, 0.717) is 5.92 Å². The van der Waals surface area contributed by atoms with Crippen LogP contribution in [0.15, 0.2) is 19.5 Å². The summed E-state index contributed by atoms with van der Waals surface area (Å²) >= 11 is 11.1. The van der Waals surface area contributed by atoms with E-state index in [9.17, 15) is 5.11 Å². The minimum absolute atomic E-state index is 0.165. The van der Waals surface area contributed by atoms with Crippen molar-refractivity contribution in [2.45, 2.75) is 38.7 Å². The third-order valence-electron chi connectivity index (χ3n) is 5.61. The maximum absolute atomic E-state index is 11.9. The lowest BCUT2D eigenvalue weighted by atomic mass is 9.65. The molecule has 0 aromatic heterocycles. The maximum Gasteiger partial charge on any atom is 0.0993 e. The van der Waals surface area contributed by atoms with E-state index in [1.165, 1.54) is 5.56 Å². The largest absolute Gasteiger partial charge is 0.384 e. The van der Waals surface area contributed by atoms with Crippen molar-refractivity contribution >= 4 is 47.8 Å². The van der Waals surface area contributed by atoms with Gasteiger partial charge in [0.15, 0.2) is 0 Å². The average molecular weight is 496 g/mol. The van der Waals surface area contributed by atoms with Crippen LogP contribution in [0, 0.1) is 11.3 Å². The van der Waals surface area contributed by atoms with E-state index in [4.69, 9.17) is 0 Å². The molecule has 0 spiro atoms. The highest BCUT2D eigenvalue weighted by molar-refractivity contribution is 9.13. The van der Waals surface area contributed by atoms with E-state index in [2.05, 4.69) is 79.7 Å². The Morgan fingerprint density at radius 3 is 2.32 bits per heavy atom. The summed E-state index contributed by atoms with van der Waals surface area (Å²) < 4.78 is 3.11. The van der Waals surface area contributed by atoms with Gasteiger partial charge in [0.25, 0.3) is 0 Å². The Morgan fingerprint density at radius 1 is 1.14 bits per heavy atom. The van der Waals surface area contributed by atoms with Crippen LogP contribution in [-0.4, -0.2) is 30.1 Å². The van der Waals surface area contributed by atoms with Crippen LogP contribution in [0.3, 0.4) is 0 Å². The normalized spacial score (nSPS) is 28.9. The second-order valence-electron chi connectivity index (χ2n) is 7.41. The van der Waals surface area contributed by atoms with Gasteiger partial charge in [-0.1, -0.05) is 29.8 Å². The lowest BCUT2D eigenvalue weighted by Gasteiger charge is -2.47. The molecule has 2 nitrogen and oxygen atoms in total. The molecule has 0 saturated carbocycles. The zero-order chi connectivity index (χ0) is 16.3. The monoisotopic (exact) mass is 493 g/mol. The highest BCUT2D eigenvalue weighted by Crippen LogP contribution is 2.60. The highest BCUT2D eigenvalue weighted by Gasteiger charge is 2.57. The van der Waals surface area contributed by atoms with E-state index in [-0.39, 0.29) is 5.41 Å². The van der Waals surface area contributed by atoms with Gasteiger partial charge in [0.1, 0.15) is 0 Å². The molecule has 1 aromatic rings. The first-order chi connectivity index (χ1) is 10.2. The van der Waals surface area contributed by atoms with Gasteiger partial charge in [0.05, 0.1) is 5.60 Å². The van der Waals surface area contributed by atoms with Crippen LogP contribution in [0.2, 0.25) is 0 Å². The first-order valence-electron chi connectivity index (χ1n) is 7.76. The van der Waals surface area contributed by atoms with E-state index < -0.39 is 5.60 Å². The fourth-order valence-electron chi connectivity index (χ4n) is 4.30. The van der Waals surface area contributed by atoms with Gasteiger partial charge in [-0.05, 0) is 88.8 Å². The molecule has 1 aliphatic carbocycles. The molecule has 3 rings (SSSR count). The van der Waals surface area contributed by atoms with Crippen molar-refractivity contribution in [2.24, 2.45) is 11.3 Å². The molecule has 0 amide bonds. The Kier molecular flexibility index (Phi) is 4.62. The van der Waals surface area contributed by atoms with Gasteiger partial charge in [0.2, 0.25) is 0 Å². The van der Waals surface area contributed by atoms with Gasteiger partial charge >= 0.3 is 0 Å². The smallest absolute Gasteiger partial charge is 0.0993 e. The predicted molar refractivity (Wildman–Crippen MR) is 101 cm³/mol. The summed E-state index contributed by atoms with van der Waals surface area (Å²) in [5.41, 5.74) is 1.39. The van der Waals surface area contributed by atoms with Crippen molar-refractivity contribution < 1.29 is 5.11 Å². The lowest BCUT2D eigenvalue weighted by Crippen LogP contribution is -2.49. The first-order valence-corrected chi connectivity index (χ1v) is 10.1. The summed E-state index contributed by atoms with van der Waals surface area (Å²) in [6, 6.07) is 2.08. The van der Waals surface area contributed by atoms with E-state index in [1.807, 2.05) is 0 Å². The molecule has 1 atom stereocenters. The fourth-order valence-corrected chi connectivity index (χ4v) is 6.26. The zero-order valence-corrected chi connectivity index (χ0v) is 18.0. The molecule has 0 radical (unpaired) electrons. The molecular formula is C17H22Br3NO. The first kappa shape index (κ1) is 17.4. The number of piperidine rings is 1. The molecule has 122 valence electrons. The van der Waals surface area contributed by atoms with Crippen molar-refractivity contribution in [2.75, 3.05) is 20.1 Å². The number of hydrogen-bond acceptors (Lipinski definition) is 2. The summed E-state index contributed by atoms with van der Waals surface area (Å²) in [5, 5.41) is 11.9. The average Bonchev–Trinajstić information content (AvgIpc) is 2.66. The summed E-state index contributed by atoms with van der Waals surface area (Å²) in [6.45, 7) is 6.53. The van der Waals surface area contributed by atoms with E-state index in [0.717, 1.165) is 51.3 Å². The summed E-state index contributed by atoms with van der Waals surface area (Å²) in [6.07, 6.45) is 3.00. The van der Waals surface area contributed by atoms with Gasteiger partial charge in [0, 0.05) is 24.4 Å². The van der Waals surface area contributed by atoms with Crippen LogP contribution in [0.4, 0.5) is 0 Å². The molecule has 1 aromatic carbocycles. The van der Waals surface area contributed by atoms with Gasteiger partial charge < -0.3 is 10.0 Å². The second-order valence-corrected chi connectivity index (χ2v) is 9.91. The molecular weight excluding hydrogens is 474 g/mol. The number of benzene rings is 1. The number of halogens is 3. The standard InChI is InChI=1S/C17H22Br3NO/c1-16(2)9-11-12(18)8-13(19)15(20)14(11)17(16,22)10-4-6-21(3)7-5-10/h8,10,22H,4-7,9H2,1-3H3. The van der Waals surface area contributed by atoms with Gasteiger partial charge in [-0.3, -0.25) is 0 Å². The van der Waals surface area contributed by atoms with Crippen molar-refractivity contribution in [3.63, 3.8) is 0 Å². The second kappa shape index (κ2) is 5.83. The number of fused-ring (bicyclic) bond motifs is 1. The predicted octanol–water partition coefficient (Wildman–Crippen LogP) is 5.09. The molecule has 1 heterocycles. The quantitative estimate of drug-likeness (QED) is 0.549. The molecule has 2 aliphatic rings. The lowest BCUT2D eigenvalue weighted by molar-refractivity contribution is -0.122. The van der Waals surface area contributed by atoms with Crippen molar-refractivity contribution in [1.82, 2.24) is 4.90 Å². The fraction of sp³-hybridized carbons (Fsp3) is 0.647. The summed E-state index contributed by atoms with van der Waals surface area (Å²) in [7, 11) is 2.16.